The summed E-state index contributed by atoms with van der Waals surface area (Å²) >= 11 is 0. The van der Waals surface area contributed by atoms with Crippen molar-refractivity contribution in [1.82, 2.24) is 0 Å². The Morgan fingerprint density at radius 3 is 1.86 bits per heavy atom. The van der Waals surface area contributed by atoms with Crippen LogP contribution in [0.5, 0.6) is 0 Å². The number of hydrogen-bond acceptors (Lipinski definition) is 1. The van der Waals surface area contributed by atoms with Crippen LogP contribution in [0.3, 0.4) is 0 Å². The third kappa shape index (κ3) is 3.17. The van der Waals surface area contributed by atoms with Crippen molar-refractivity contribution in [1.29, 1.82) is 0 Å². The van der Waals surface area contributed by atoms with Crippen LogP contribution in [0.15, 0.2) is 24.3 Å². The summed E-state index contributed by atoms with van der Waals surface area (Å²) in [5.74, 6) is -1.24. The molecule has 1 radical (unpaired) electrons. The number of rotatable bonds is 1. The van der Waals surface area contributed by atoms with Crippen molar-refractivity contribution in [3.8, 4) is 0 Å². The Hall–Kier alpha value is -0.780. The molecule has 0 saturated heterocycles. The summed E-state index contributed by atoms with van der Waals surface area (Å²) in [4.78, 5) is 10.3. The van der Waals surface area contributed by atoms with Crippen molar-refractivity contribution in [2.75, 3.05) is 0 Å². The Bertz CT molecular complexity index is 318. The van der Waals surface area contributed by atoms with Crippen LogP contribution >= 0.6 is 0 Å². The van der Waals surface area contributed by atoms with E-state index >= 15 is 0 Å². The molecule has 0 aliphatic carbocycles. The maximum absolute atomic E-state index is 12.0. The second kappa shape index (κ2) is 4.63. The molecule has 6 heteroatoms. The molecule has 81 valence electrons. The average Bonchev–Trinajstić information content (AvgIpc) is 2.03. The molecular weight excluding hydrogens is 293 g/mol. The number of carboxylic acid groups (broad SMARTS) is 1. The molecule has 1 N–H and O–H groups in total. The fourth-order valence-corrected chi connectivity index (χ4v) is 0.802. The Labute approximate surface area is 93.2 Å². The van der Waals surface area contributed by atoms with Crippen LogP contribution in [0, 0.1) is 0 Å². The van der Waals surface area contributed by atoms with Gasteiger partial charge in [-0.2, -0.15) is 13.2 Å². The van der Waals surface area contributed by atoms with E-state index in [4.69, 9.17) is 5.11 Å². The number of benzene rings is 1. The van der Waals surface area contributed by atoms with Crippen LogP contribution in [0.1, 0.15) is 15.9 Å². The minimum absolute atomic E-state index is 0. The minimum Gasteiger partial charge on any atom is -0.478 e. The van der Waals surface area contributed by atoms with Gasteiger partial charge in [-0.1, -0.05) is 0 Å². The van der Waals surface area contributed by atoms with Crippen molar-refractivity contribution < 1.29 is 45.5 Å². The maximum atomic E-state index is 12.0. The number of hydrogen-bond donors (Lipinski definition) is 1. The molecule has 14 heavy (non-hydrogen) atoms. The van der Waals surface area contributed by atoms with Crippen LogP contribution in [0.2, 0.25) is 0 Å². The Kier molecular flexibility index (Phi) is 4.38. The third-order valence-electron chi connectivity index (χ3n) is 1.46. The van der Waals surface area contributed by atoms with Gasteiger partial charge in [0.05, 0.1) is 11.1 Å². The quantitative estimate of drug-likeness (QED) is 0.808. The van der Waals surface area contributed by atoms with E-state index in [0.717, 1.165) is 24.3 Å². The summed E-state index contributed by atoms with van der Waals surface area (Å²) in [6.45, 7) is 0. The Balaban J connectivity index is 0.00000169. The smallest absolute Gasteiger partial charge is 0.416 e. The van der Waals surface area contributed by atoms with Crippen molar-refractivity contribution in [2.45, 2.75) is 6.18 Å². The molecule has 0 unspecified atom stereocenters. The van der Waals surface area contributed by atoms with Gasteiger partial charge in [0.25, 0.3) is 0 Å². The minimum atomic E-state index is -4.42. The Morgan fingerprint density at radius 2 is 1.57 bits per heavy atom. The predicted octanol–water partition coefficient (Wildman–Crippen LogP) is 2.40. The van der Waals surface area contributed by atoms with Crippen molar-refractivity contribution in [3.05, 3.63) is 35.4 Å². The van der Waals surface area contributed by atoms with Gasteiger partial charge in [0.1, 0.15) is 0 Å². The molecule has 0 aromatic heterocycles. The predicted molar refractivity (Wildman–Crippen MR) is 38.4 cm³/mol. The summed E-state index contributed by atoms with van der Waals surface area (Å²) in [5, 5.41) is 8.40. The first-order valence-corrected chi connectivity index (χ1v) is 3.32. The second-order valence-corrected chi connectivity index (χ2v) is 2.38. The average molecular weight is 298 g/mol. The van der Waals surface area contributed by atoms with Crippen molar-refractivity contribution in [3.63, 3.8) is 0 Å². The number of aromatic carboxylic acids is 1. The van der Waals surface area contributed by atoms with E-state index in [2.05, 4.69) is 0 Å². The van der Waals surface area contributed by atoms with E-state index in [1.807, 2.05) is 0 Å². The zero-order chi connectivity index (χ0) is 10.1. The number of carbonyl (C=O) groups is 1. The maximum Gasteiger partial charge on any atom is 0.416 e. The van der Waals surface area contributed by atoms with Crippen LogP contribution in [0.25, 0.3) is 0 Å². The molecule has 0 fully saturated rings. The summed E-state index contributed by atoms with van der Waals surface area (Å²) in [6, 6.07) is 3.32. The summed E-state index contributed by atoms with van der Waals surface area (Å²) in [7, 11) is 0. The Morgan fingerprint density at radius 1 is 1.14 bits per heavy atom. The van der Waals surface area contributed by atoms with Gasteiger partial charge >= 0.3 is 12.1 Å². The SMILES string of the molecule is O=C(O)c1ccc(C(F)(F)F)cc1.[Ag]. The molecule has 0 amide bonds. The molecule has 0 aliphatic rings. The molecule has 1 aromatic carbocycles. The first kappa shape index (κ1) is 13.2. The number of carboxylic acids is 1. The zero-order valence-corrected chi connectivity index (χ0v) is 8.08. The zero-order valence-electron chi connectivity index (χ0n) is 6.60. The molecule has 0 aliphatic heterocycles. The molecule has 1 rings (SSSR count). The standard InChI is InChI=1S/C8H5F3O2.Ag/c9-8(10,11)6-3-1-5(2-4-6)7(12)13;/h1-4H,(H,12,13);. The molecule has 2 nitrogen and oxygen atoms in total. The van der Waals surface area contributed by atoms with E-state index in [0.29, 0.717) is 0 Å². The first-order valence-electron chi connectivity index (χ1n) is 3.32. The fraction of sp³-hybridized carbons (Fsp3) is 0.125. The van der Waals surface area contributed by atoms with E-state index in [1.54, 1.807) is 0 Å². The van der Waals surface area contributed by atoms with E-state index in [9.17, 15) is 18.0 Å². The van der Waals surface area contributed by atoms with E-state index in [1.165, 1.54) is 0 Å². The molecule has 1 aromatic rings. The molecule has 0 atom stereocenters. The van der Waals surface area contributed by atoms with E-state index < -0.39 is 17.7 Å². The van der Waals surface area contributed by atoms with Gasteiger partial charge in [-0.15, -0.1) is 0 Å². The number of alkyl halides is 3. The van der Waals surface area contributed by atoms with Crippen molar-refractivity contribution >= 4 is 5.97 Å². The topological polar surface area (TPSA) is 37.3 Å². The van der Waals surface area contributed by atoms with Gasteiger partial charge in [-0.05, 0) is 24.3 Å². The first-order chi connectivity index (χ1) is 5.91. The van der Waals surface area contributed by atoms with Crippen LogP contribution in [0.4, 0.5) is 13.2 Å². The normalized spacial score (nSPS) is 10.5. The summed E-state index contributed by atoms with van der Waals surface area (Å²) in [5.41, 5.74) is -1.01. The molecule has 0 heterocycles. The third-order valence-corrected chi connectivity index (χ3v) is 1.46. The van der Waals surface area contributed by atoms with Crippen LogP contribution in [-0.4, -0.2) is 11.1 Å². The molecule has 0 spiro atoms. The van der Waals surface area contributed by atoms with Crippen molar-refractivity contribution in [2.24, 2.45) is 0 Å². The van der Waals surface area contributed by atoms with Gasteiger partial charge in [0.15, 0.2) is 0 Å². The summed E-state index contributed by atoms with van der Waals surface area (Å²) in [6.07, 6.45) is -4.42. The van der Waals surface area contributed by atoms with E-state index in [-0.39, 0.29) is 27.9 Å². The monoisotopic (exact) mass is 297 g/mol. The van der Waals surface area contributed by atoms with Gasteiger partial charge in [0, 0.05) is 22.4 Å². The van der Waals surface area contributed by atoms with Gasteiger partial charge < -0.3 is 5.11 Å². The molecule has 0 bridgehead atoms. The summed E-state index contributed by atoms with van der Waals surface area (Å²) < 4.78 is 35.9. The molecular formula is C8H5AgF3O2. The van der Waals surface area contributed by atoms with Gasteiger partial charge in [-0.25, -0.2) is 4.79 Å². The second-order valence-electron chi connectivity index (χ2n) is 2.38. The largest absolute Gasteiger partial charge is 0.478 e. The molecule has 0 saturated carbocycles. The van der Waals surface area contributed by atoms with Gasteiger partial charge in [0.2, 0.25) is 0 Å². The van der Waals surface area contributed by atoms with Crippen LogP contribution < -0.4 is 0 Å². The fourth-order valence-electron chi connectivity index (χ4n) is 0.802. The van der Waals surface area contributed by atoms with Crippen LogP contribution in [-0.2, 0) is 28.6 Å². The number of halogens is 3. The van der Waals surface area contributed by atoms with Gasteiger partial charge in [-0.3, -0.25) is 0 Å².